The van der Waals surface area contributed by atoms with E-state index in [0.29, 0.717) is 82.4 Å². The van der Waals surface area contributed by atoms with Crippen molar-refractivity contribution in [2.75, 3.05) is 41.2 Å². The molecule has 0 fully saturated rings. The standard InChI is InChI=1S/C57H61N7O10/c1-32(2)53(62-51(65)17-11-12-18-52(66)72-6)55(68)60-34(4)54(67)61-39-21-35(30-73-48-26-44-42(19-33(48)3)56(69)63-40(28-58-44)23-37-13-7-9-15-46(37)63)20-36(22-39)31-74-50-27-45-43(25-49(50)71-5)57(70)64-41(29-59-45)24-38-14-8-10-16-47(38)64/h7-10,13-16,19-22,25-28,32,34,40-41,53,59H,11-12,17-18,23-24,29-31H2,1-6H3,(H,60,68)(H,61,67)(H,62,65)/t34-,40-,41-,53?/m0/s1. The van der Waals surface area contributed by atoms with Crippen LogP contribution in [0.4, 0.5) is 28.4 Å². The molecule has 0 aromatic heterocycles. The number of amides is 5. The summed E-state index contributed by atoms with van der Waals surface area (Å²) >= 11 is 0. The van der Waals surface area contributed by atoms with E-state index in [1.165, 1.54) is 14.2 Å². The Balaban J connectivity index is 0.932. The number of nitrogens with zero attached hydrogens (tertiary/aromatic N) is 3. The lowest BCUT2D eigenvalue weighted by Gasteiger charge is -2.24. The second kappa shape index (κ2) is 21.9. The highest BCUT2D eigenvalue weighted by Gasteiger charge is 2.39. The molecular weight excluding hydrogens is 943 g/mol. The lowest BCUT2D eigenvalue weighted by atomic mass is 10.0. The summed E-state index contributed by atoms with van der Waals surface area (Å²) in [6, 6.07) is 26.1. The van der Waals surface area contributed by atoms with E-state index in [1.54, 1.807) is 62.1 Å². The predicted molar refractivity (Wildman–Crippen MR) is 281 cm³/mol. The number of aryl methyl sites for hydroxylation is 1. The van der Waals surface area contributed by atoms with Crippen molar-refractivity contribution < 1.29 is 47.7 Å². The first-order chi connectivity index (χ1) is 35.7. The highest BCUT2D eigenvalue weighted by atomic mass is 16.5. The molecule has 0 spiro atoms. The number of hydrogen-bond donors (Lipinski definition) is 4. The summed E-state index contributed by atoms with van der Waals surface area (Å²) in [5.74, 6) is -1.02. The van der Waals surface area contributed by atoms with Crippen LogP contribution in [-0.4, -0.2) is 86.7 Å². The zero-order chi connectivity index (χ0) is 52.2. The zero-order valence-corrected chi connectivity index (χ0v) is 42.4. The summed E-state index contributed by atoms with van der Waals surface area (Å²) in [5, 5.41) is 12.0. The molecular formula is C57H61N7O10. The van der Waals surface area contributed by atoms with Crippen molar-refractivity contribution in [3.05, 3.63) is 130 Å². The number of carbonyl (C=O) groups excluding carboxylic acids is 6. The lowest BCUT2D eigenvalue weighted by Crippen LogP contribution is -2.53. The molecule has 0 saturated heterocycles. The molecule has 0 bridgehead atoms. The summed E-state index contributed by atoms with van der Waals surface area (Å²) in [6.07, 6.45) is 4.45. The van der Waals surface area contributed by atoms with Crippen LogP contribution >= 0.6 is 0 Å². The number of esters is 1. The van der Waals surface area contributed by atoms with Gasteiger partial charge in [-0.2, -0.15) is 0 Å². The summed E-state index contributed by atoms with van der Waals surface area (Å²) in [6.45, 7) is 7.63. The Morgan fingerprint density at radius 2 is 1.39 bits per heavy atom. The molecule has 5 aromatic rings. The largest absolute Gasteiger partial charge is 0.493 e. The highest BCUT2D eigenvalue weighted by Crippen LogP contribution is 2.42. The van der Waals surface area contributed by atoms with Crippen LogP contribution in [0.25, 0.3) is 0 Å². The third-order valence-electron chi connectivity index (χ3n) is 13.9. The molecule has 4 aliphatic rings. The maximum atomic E-state index is 14.1. The SMILES string of the molecule is COC(=O)CCCCC(=O)NC(C(=O)N[C@@H](C)C(=O)Nc1cc(COc2cc3c(cc2C)C(=O)N2c4ccccc4C[C@H]2C=N3)cc(COc2cc3c(cc2OC)C(=O)N2c4ccccc4C[C@H]2CN3)c1)C(C)C. The molecule has 74 heavy (non-hydrogen) atoms. The third-order valence-corrected chi connectivity index (χ3v) is 13.9. The molecule has 4 N–H and O–H groups in total. The number of methoxy groups -OCH3 is 2. The number of para-hydroxylation sites is 2. The monoisotopic (exact) mass is 1000 g/mol. The van der Waals surface area contributed by atoms with Gasteiger partial charge in [-0.05, 0) is 109 Å². The zero-order valence-electron chi connectivity index (χ0n) is 42.4. The van der Waals surface area contributed by atoms with Gasteiger partial charge in [-0.25, -0.2) is 0 Å². The Morgan fingerprint density at radius 3 is 2.09 bits per heavy atom. The second-order valence-corrected chi connectivity index (χ2v) is 19.5. The minimum atomic E-state index is -1.02. The van der Waals surface area contributed by atoms with Gasteiger partial charge in [0.2, 0.25) is 17.7 Å². The molecule has 4 aliphatic heterocycles. The topological polar surface area (TPSA) is 206 Å². The first-order valence-electron chi connectivity index (χ1n) is 25.0. The molecule has 4 atom stereocenters. The summed E-state index contributed by atoms with van der Waals surface area (Å²) in [7, 11) is 2.83. The minimum absolute atomic E-state index is 0.0160. The van der Waals surface area contributed by atoms with E-state index in [9.17, 15) is 28.8 Å². The molecule has 384 valence electrons. The van der Waals surface area contributed by atoms with Gasteiger partial charge in [0.25, 0.3) is 11.8 Å². The molecule has 5 aromatic carbocycles. The number of anilines is 4. The van der Waals surface area contributed by atoms with Crippen molar-refractivity contribution in [3.63, 3.8) is 0 Å². The number of hydrogen-bond acceptors (Lipinski definition) is 12. The number of nitrogens with one attached hydrogen (secondary N) is 4. The smallest absolute Gasteiger partial charge is 0.305 e. The molecule has 5 amide bonds. The normalized spacial score (nSPS) is 16.7. The van der Waals surface area contributed by atoms with Gasteiger partial charge >= 0.3 is 5.97 Å². The fourth-order valence-electron chi connectivity index (χ4n) is 9.99. The van der Waals surface area contributed by atoms with Gasteiger partial charge < -0.3 is 45.1 Å². The first-order valence-corrected chi connectivity index (χ1v) is 25.0. The van der Waals surface area contributed by atoms with E-state index in [-0.39, 0.29) is 67.7 Å². The average molecular weight is 1000 g/mol. The van der Waals surface area contributed by atoms with Crippen molar-refractivity contribution in [3.8, 4) is 17.2 Å². The highest BCUT2D eigenvalue weighted by molar-refractivity contribution is 6.15. The second-order valence-electron chi connectivity index (χ2n) is 19.5. The average Bonchev–Trinajstić information content (AvgIpc) is 3.89. The van der Waals surface area contributed by atoms with Gasteiger partial charge in [0.1, 0.15) is 31.0 Å². The fraction of sp³-hybridized carbons (Fsp3) is 0.351. The van der Waals surface area contributed by atoms with E-state index < -0.39 is 23.9 Å². The quantitative estimate of drug-likeness (QED) is 0.0493. The maximum absolute atomic E-state index is 14.1. The molecule has 0 saturated carbocycles. The number of benzene rings is 5. The number of rotatable bonds is 18. The summed E-state index contributed by atoms with van der Waals surface area (Å²) < 4.78 is 23.4. The fourth-order valence-corrected chi connectivity index (χ4v) is 9.99. The van der Waals surface area contributed by atoms with Gasteiger partial charge in [-0.3, -0.25) is 38.7 Å². The van der Waals surface area contributed by atoms with Crippen LogP contribution in [0.15, 0.2) is 96.0 Å². The minimum Gasteiger partial charge on any atom is -0.493 e. The maximum Gasteiger partial charge on any atom is 0.305 e. The van der Waals surface area contributed by atoms with Crippen LogP contribution in [0.2, 0.25) is 0 Å². The molecule has 9 rings (SSSR count). The Morgan fingerprint density at radius 1 is 0.730 bits per heavy atom. The van der Waals surface area contributed by atoms with Crippen molar-refractivity contribution in [2.24, 2.45) is 10.9 Å². The molecule has 0 radical (unpaired) electrons. The summed E-state index contributed by atoms with van der Waals surface area (Å²) in [4.78, 5) is 88.3. The number of ether oxygens (including phenoxy) is 4. The van der Waals surface area contributed by atoms with Gasteiger partial charge in [-0.15, -0.1) is 0 Å². The van der Waals surface area contributed by atoms with Crippen molar-refractivity contribution in [1.82, 2.24) is 10.6 Å². The Bertz CT molecular complexity index is 3060. The van der Waals surface area contributed by atoms with Crippen LogP contribution < -0.4 is 45.3 Å². The molecule has 4 heterocycles. The van der Waals surface area contributed by atoms with Gasteiger partial charge in [0, 0.05) is 61.2 Å². The molecule has 17 heteroatoms. The van der Waals surface area contributed by atoms with Crippen LogP contribution in [-0.2, 0) is 50.0 Å². The van der Waals surface area contributed by atoms with E-state index in [1.807, 2.05) is 66.6 Å². The van der Waals surface area contributed by atoms with E-state index in [0.717, 1.165) is 34.5 Å². The third kappa shape index (κ3) is 10.8. The van der Waals surface area contributed by atoms with Crippen molar-refractivity contribution in [1.29, 1.82) is 0 Å². The van der Waals surface area contributed by atoms with Crippen molar-refractivity contribution in [2.45, 2.75) is 104 Å². The Kier molecular flexibility index (Phi) is 15.0. The van der Waals surface area contributed by atoms with Crippen LogP contribution in [0, 0.1) is 12.8 Å². The van der Waals surface area contributed by atoms with Gasteiger partial charge in [-0.1, -0.05) is 50.2 Å². The van der Waals surface area contributed by atoms with E-state index >= 15 is 0 Å². The lowest BCUT2D eigenvalue weighted by molar-refractivity contribution is -0.140. The van der Waals surface area contributed by atoms with Crippen LogP contribution in [0.3, 0.4) is 0 Å². The van der Waals surface area contributed by atoms with Crippen LogP contribution in [0.5, 0.6) is 17.2 Å². The molecule has 17 nitrogen and oxygen atoms in total. The Labute approximate surface area is 430 Å². The number of fused-ring (bicyclic) bond motifs is 8. The molecule has 0 aliphatic carbocycles. The number of unbranched alkanes of at least 4 members (excludes halogenated alkanes) is 1. The number of carbonyl (C=O) groups is 6. The predicted octanol–water partition coefficient (Wildman–Crippen LogP) is 7.76. The van der Waals surface area contributed by atoms with E-state index in [2.05, 4.69) is 32.1 Å². The number of aliphatic imine (C=N–C) groups is 1. The van der Waals surface area contributed by atoms with Crippen LogP contribution in [0.1, 0.15) is 95.0 Å². The molecule has 1 unspecified atom stereocenters. The van der Waals surface area contributed by atoms with Crippen molar-refractivity contribution >= 4 is 70.2 Å². The van der Waals surface area contributed by atoms with Gasteiger partial charge in [0.05, 0.1) is 48.8 Å². The summed E-state index contributed by atoms with van der Waals surface area (Å²) in [5.41, 5.74) is 8.51. The Hall–Kier alpha value is -8.21. The first kappa shape index (κ1) is 50.7. The van der Waals surface area contributed by atoms with Gasteiger partial charge in [0.15, 0.2) is 11.5 Å². The van der Waals surface area contributed by atoms with E-state index in [4.69, 9.17) is 19.2 Å².